The summed E-state index contributed by atoms with van der Waals surface area (Å²) < 4.78 is 0. The van der Waals surface area contributed by atoms with Gasteiger partial charge in [-0.3, -0.25) is 0 Å². The first-order valence-electron chi connectivity index (χ1n) is 10.9. The molecule has 2 nitrogen and oxygen atoms in total. The van der Waals surface area contributed by atoms with E-state index in [4.69, 9.17) is 5.11 Å². The number of benzene rings is 5. The van der Waals surface area contributed by atoms with Crippen LogP contribution in [0.3, 0.4) is 0 Å². The Kier molecular flexibility index (Phi) is 5.57. The van der Waals surface area contributed by atoms with Crippen LogP contribution in [0.2, 0.25) is 0 Å². The molecule has 0 saturated carbocycles. The zero-order valence-corrected chi connectivity index (χ0v) is 18.0. The van der Waals surface area contributed by atoms with E-state index in [-0.39, 0.29) is 0 Å². The summed E-state index contributed by atoms with van der Waals surface area (Å²) in [7, 11) is 0. The number of hydrogen-bond donors (Lipinski definition) is 1. The van der Waals surface area contributed by atoms with Crippen molar-refractivity contribution in [2.75, 3.05) is 0 Å². The van der Waals surface area contributed by atoms with Crippen molar-refractivity contribution in [3.8, 4) is 22.3 Å². The van der Waals surface area contributed by atoms with Gasteiger partial charge in [-0.15, -0.1) is 0 Å². The van der Waals surface area contributed by atoms with E-state index in [0.717, 1.165) is 11.1 Å². The summed E-state index contributed by atoms with van der Waals surface area (Å²) >= 11 is 0. The maximum Gasteiger partial charge on any atom is 0.335 e. The number of carboxylic acids is 1. The highest BCUT2D eigenvalue weighted by Gasteiger charge is 2.10. The molecule has 0 unspecified atom stereocenters. The fourth-order valence-electron chi connectivity index (χ4n) is 4.14. The number of hydrogen-bond acceptors (Lipinski definition) is 1. The molecule has 0 aromatic heterocycles. The maximum absolute atomic E-state index is 11.1. The van der Waals surface area contributed by atoms with E-state index in [2.05, 4.69) is 84.9 Å². The van der Waals surface area contributed by atoms with Gasteiger partial charge in [-0.2, -0.15) is 0 Å². The van der Waals surface area contributed by atoms with Gasteiger partial charge in [0.1, 0.15) is 0 Å². The molecule has 5 aromatic carbocycles. The Labute approximate surface area is 193 Å². The van der Waals surface area contributed by atoms with Crippen molar-refractivity contribution in [3.05, 3.63) is 132 Å². The van der Waals surface area contributed by atoms with Crippen LogP contribution in [0, 0.1) is 0 Å². The van der Waals surface area contributed by atoms with Crippen LogP contribution in [0.5, 0.6) is 0 Å². The predicted octanol–water partition coefficient (Wildman–Crippen LogP) is 8.04. The number of carbonyl (C=O) groups is 1. The van der Waals surface area contributed by atoms with Crippen LogP contribution in [-0.4, -0.2) is 11.1 Å². The lowest BCUT2D eigenvalue weighted by molar-refractivity contribution is 0.0697. The van der Waals surface area contributed by atoms with Gasteiger partial charge in [-0.25, -0.2) is 4.79 Å². The standard InChI is InChI=1S/C31H22O2/c32-31(33)26-16-13-22(14-17-26)11-12-23-15-18-29-27(24-7-3-1-4-8-24)19-20-28(30(29)21-23)25-9-5-2-6-10-25/h1-21H,(H,32,33)/b12-11+. The molecule has 0 aliphatic rings. The van der Waals surface area contributed by atoms with E-state index in [1.165, 1.54) is 33.0 Å². The molecule has 33 heavy (non-hydrogen) atoms. The highest BCUT2D eigenvalue weighted by molar-refractivity contribution is 6.05. The number of fused-ring (bicyclic) bond motifs is 1. The minimum absolute atomic E-state index is 0.291. The molecule has 0 radical (unpaired) electrons. The Balaban J connectivity index is 1.61. The minimum Gasteiger partial charge on any atom is -0.478 e. The first-order chi connectivity index (χ1) is 16.2. The molecule has 0 bridgehead atoms. The Morgan fingerprint density at radius 1 is 0.545 bits per heavy atom. The lowest BCUT2D eigenvalue weighted by atomic mass is 9.91. The van der Waals surface area contributed by atoms with Crippen molar-refractivity contribution >= 4 is 28.9 Å². The number of carboxylic acid groups (broad SMARTS) is 1. The summed E-state index contributed by atoms with van der Waals surface area (Å²) in [5, 5.41) is 11.5. The monoisotopic (exact) mass is 426 g/mol. The fraction of sp³-hybridized carbons (Fsp3) is 0. The molecule has 0 fully saturated rings. The second-order valence-electron chi connectivity index (χ2n) is 7.96. The van der Waals surface area contributed by atoms with Gasteiger partial charge in [0.05, 0.1) is 5.56 Å². The van der Waals surface area contributed by atoms with E-state index in [0.29, 0.717) is 5.56 Å². The van der Waals surface area contributed by atoms with Gasteiger partial charge in [0.2, 0.25) is 0 Å². The van der Waals surface area contributed by atoms with Gasteiger partial charge < -0.3 is 5.11 Å². The molecule has 5 rings (SSSR count). The second-order valence-corrected chi connectivity index (χ2v) is 7.96. The van der Waals surface area contributed by atoms with Gasteiger partial charge in [-0.05, 0) is 62.4 Å². The lowest BCUT2D eigenvalue weighted by Gasteiger charge is -2.13. The van der Waals surface area contributed by atoms with Crippen LogP contribution in [0.4, 0.5) is 0 Å². The van der Waals surface area contributed by atoms with Gasteiger partial charge >= 0.3 is 5.97 Å². The predicted molar refractivity (Wildman–Crippen MR) is 137 cm³/mol. The quantitative estimate of drug-likeness (QED) is 0.289. The highest BCUT2D eigenvalue weighted by Crippen LogP contribution is 2.36. The van der Waals surface area contributed by atoms with E-state index in [9.17, 15) is 4.79 Å². The Morgan fingerprint density at radius 2 is 1.06 bits per heavy atom. The number of rotatable bonds is 5. The van der Waals surface area contributed by atoms with Crippen LogP contribution < -0.4 is 0 Å². The highest BCUT2D eigenvalue weighted by atomic mass is 16.4. The van der Waals surface area contributed by atoms with E-state index < -0.39 is 5.97 Å². The van der Waals surface area contributed by atoms with Crippen molar-refractivity contribution < 1.29 is 9.90 Å². The SMILES string of the molecule is O=C(O)c1ccc(/C=C/c2ccc3c(-c4ccccc4)ccc(-c4ccccc4)c3c2)cc1. The van der Waals surface area contributed by atoms with Crippen molar-refractivity contribution in [1.82, 2.24) is 0 Å². The van der Waals surface area contributed by atoms with Crippen molar-refractivity contribution in [1.29, 1.82) is 0 Å². The molecular weight excluding hydrogens is 404 g/mol. The largest absolute Gasteiger partial charge is 0.478 e. The normalized spacial score (nSPS) is 11.2. The molecule has 0 spiro atoms. The van der Waals surface area contributed by atoms with Gasteiger partial charge in [-0.1, -0.05) is 109 Å². The van der Waals surface area contributed by atoms with Gasteiger partial charge in [0.15, 0.2) is 0 Å². The minimum atomic E-state index is -0.914. The third-order valence-electron chi connectivity index (χ3n) is 5.84. The van der Waals surface area contributed by atoms with Crippen LogP contribution in [0.25, 0.3) is 45.2 Å². The van der Waals surface area contributed by atoms with Gasteiger partial charge in [0, 0.05) is 0 Å². The zero-order chi connectivity index (χ0) is 22.6. The molecule has 0 atom stereocenters. The topological polar surface area (TPSA) is 37.3 Å². The third-order valence-corrected chi connectivity index (χ3v) is 5.84. The lowest BCUT2D eigenvalue weighted by Crippen LogP contribution is -1.94. The molecule has 0 aliphatic heterocycles. The molecule has 1 N–H and O–H groups in total. The first kappa shape index (κ1) is 20.5. The molecule has 2 heteroatoms. The Bertz CT molecular complexity index is 1450. The molecule has 158 valence electrons. The average Bonchev–Trinajstić information content (AvgIpc) is 2.88. The van der Waals surface area contributed by atoms with Crippen molar-refractivity contribution in [2.45, 2.75) is 0 Å². The Morgan fingerprint density at radius 3 is 1.64 bits per heavy atom. The molecule has 0 saturated heterocycles. The molecule has 0 heterocycles. The van der Waals surface area contributed by atoms with Crippen molar-refractivity contribution in [2.24, 2.45) is 0 Å². The Hall–Kier alpha value is -4.43. The summed E-state index contributed by atoms with van der Waals surface area (Å²) in [4.78, 5) is 11.1. The summed E-state index contributed by atoms with van der Waals surface area (Å²) in [5.41, 5.74) is 7.14. The fourth-order valence-corrected chi connectivity index (χ4v) is 4.14. The van der Waals surface area contributed by atoms with E-state index in [1.807, 2.05) is 30.3 Å². The van der Waals surface area contributed by atoms with Crippen LogP contribution in [0.15, 0.2) is 115 Å². The summed E-state index contributed by atoms with van der Waals surface area (Å²) in [5.74, 6) is -0.914. The maximum atomic E-state index is 11.1. The third kappa shape index (κ3) is 4.32. The zero-order valence-electron chi connectivity index (χ0n) is 18.0. The van der Waals surface area contributed by atoms with E-state index in [1.54, 1.807) is 12.1 Å². The van der Waals surface area contributed by atoms with Crippen LogP contribution in [0.1, 0.15) is 21.5 Å². The number of aromatic carboxylic acids is 1. The summed E-state index contributed by atoms with van der Waals surface area (Å²) in [6.45, 7) is 0. The second kappa shape index (κ2) is 8.97. The average molecular weight is 427 g/mol. The van der Waals surface area contributed by atoms with Gasteiger partial charge in [0.25, 0.3) is 0 Å². The van der Waals surface area contributed by atoms with Crippen molar-refractivity contribution in [3.63, 3.8) is 0 Å². The summed E-state index contributed by atoms with van der Waals surface area (Å²) in [6.07, 6.45) is 4.08. The van der Waals surface area contributed by atoms with Crippen LogP contribution in [-0.2, 0) is 0 Å². The smallest absolute Gasteiger partial charge is 0.335 e. The molecular formula is C31H22O2. The van der Waals surface area contributed by atoms with Crippen LogP contribution >= 0.6 is 0 Å². The molecule has 5 aromatic rings. The first-order valence-corrected chi connectivity index (χ1v) is 10.9. The summed E-state index contributed by atoms with van der Waals surface area (Å²) in [6, 6.07) is 38.8. The molecule has 0 amide bonds. The molecule has 0 aliphatic carbocycles. The van der Waals surface area contributed by atoms with E-state index >= 15 is 0 Å².